The molecule has 0 aliphatic rings. The van der Waals surface area contributed by atoms with Crippen LogP contribution in [0.15, 0.2) is 4.99 Å². The molecule has 0 fully saturated rings. The molecule has 17 heavy (non-hydrogen) atoms. The van der Waals surface area contributed by atoms with Gasteiger partial charge in [0.25, 0.3) is 0 Å². The van der Waals surface area contributed by atoms with E-state index in [0.717, 1.165) is 10.7 Å². The van der Waals surface area contributed by atoms with Crippen LogP contribution in [0.3, 0.4) is 0 Å². The number of aryl methyl sites for hydroxylation is 2. The molecule has 4 N–H and O–H groups in total. The van der Waals surface area contributed by atoms with Crippen molar-refractivity contribution < 1.29 is 0 Å². The lowest BCUT2D eigenvalue weighted by Gasteiger charge is -2.14. The first-order chi connectivity index (χ1) is 7.93. The first-order valence-corrected chi connectivity index (χ1v) is 6.50. The summed E-state index contributed by atoms with van der Waals surface area (Å²) in [6.45, 7) is 10.1. The molecular formula is C11H21N5S. The number of aliphatic imine (C=N–C) groups is 1. The molecule has 0 bridgehead atoms. The van der Waals surface area contributed by atoms with Gasteiger partial charge in [-0.15, -0.1) is 11.3 Å². The summed E-state index contributed by atoms with van der Waals surface area (Å²) in [7, 11) is 0. The summed E-state index contributed by atoms with van der Waals surface area (Å²) in [5.41, 5.74) is 3.63. The largest absolute Gasteiger partial charge is 0.353 e. The number of rotatable bonds is 3. The number of hydrazine groups is 1. The number of nitrogens with two attached hydrogens (primary N) is 1. The Balaban J connectivity index is 2.85. The summed E-state index contributed by atoms with van der Waals surface area (Å²) in [4.78, 5) is 10.1. The van der Waals surface area contributed by atoms with Gasteiger partial charge < -0.3 is 5.32 Å². The van der Waals surface area contributed by atoms with Crippen LogP contribution in [0.2, 0.25) is 0 Å². The molecule has 0 aliphatic carbocycles. The van der Waals surface area contributed by atoms with Crippen LogP contribution < -0.4 is 16.6 Å². The van der Waals surface area contributed by atoms with Gasteiger partial charge in [0.1, 0.15) is 0 Å². The highest BCUT2D eigenvalue weighted by Gasteiger charge is 2.13. The van der Waals surface area contributed by atoms with Crippen molar-refractivity contribution in [3.8, 4) is 0 Å². The van der Waals surface area contributed by atoms with Crippen molar-refractivity contribution in [1.82, 2.24) is 15.7 Å². The van der Waals surface area contributed by atoms with E-state index in [-0.39, 0.29) is 6.04 Å². The monoisotopic (exact) mass is 255 g/mol. The molecule has 1 aromatic heterocycles. The van der Waals surface area contributed by atoms with E-state index in [4.69, 9.17) is 5.84 Å². The Morgan fingerprint density at radius 1 is 1.35 bits per heavy atom. The zero-order valence-electron chi connectivity index (χ0n) is 11.0. The van der Waals surface area contributed by atoms with Crippen LogP contribution in [0, 0.1) is 13.8 Å². The lowest BCUT2D eigenvalue weighted by Crippen LogP contribution is -2.44. The second-order valence-corrected chi connectivity index (χ2v) is 5.51. The van der Waals surface area contributed by atoms with Gasteiger partial charge in [0.05, 0.1) is 21.6 Å². The second-order valence-electron chi connectivity index (χ2n) is 4.28. The van der Waals surface area contributed by atoms with Crippen LogP contribution >= 0.6 is 11.3 Å². The Morgan fingerprint density at radius 3 is 2.41 bits per heavy atom. The van der Waals surface area contributed by atoms with Crippen LogP contribution in [0.25, 0.3) is 0 Å². The fraction of sp³-hybridized carbons (Fsp3) is 0.636. The summed E-state index contributed by atoms with van der Waals surface area (Å²) >= 11 is 1.68. The molecule has 1 rings (SSSR count). The van der Waals surface area contributed by atoms with Gasteiger partial charge in [0.15, 0.2) is 0 Å². The Labute approximate surface area is 107 Å². The third kappa shape index (κ3) is 3.98. The van der Waals surface area contributed by atoms with E-state index in [1.165, 1.54) is 4.88 Å². The van der Waals surface area contributed by atoms with E-state index < -0.39 is 0 Å². The SMILES string of the molecule is Cc1nc(C)c(C(C)N=C(NN)NC(C)C)s1. The molecule has 96 valence electrons. The molecule has 1 unspecified atom stereocenters. The Hall–Kier alpha value is -1.14. The van der Waals surface area contributed by atoms with Crippen molar-refractivity contribution in [2.24, 2.45) is 10.8 Å². The summed E-state index contributed by atoms with van der Waals surface area (Å²) in [6.07, 6.45) is 0. The van der Waals surface area contributed by atoms with Crippen molar-refractivity contribution in [3.05, 3.63) is 15.6 Å². The minimum Gasteiger partial charge on any atom is -0.353 e. The van der Waals surface area contributed by atoms with E-state index in [9.17, 15) is 0 Å². The highest BCUT2D eigenvalue weighted by atomic mass is 32.1. The van der Waals surface area contributed by atoms with E-state index >= 15 is 0 Å². The van der Waals surface area contributed by atoms with E-state index in [1.54, 1.807) is 11.3 Å². The number of hydrogen-bond donors (Lipinski definition) is 3. The topological polar surface area (TPSA) is 75.3 Å². The molecule has 6 heteroatoms. The van der Waals surface area contributed by atoms with Gasteiger partial charge in [0, 0.05) is 6.04 Å². The van der Waals surface area contributed by atoms with Crippen molar-refractivity contribution in [1.29, 1.82) is 0 Å². The predicted molar refractivity (Wildman–Crippen MR) is 73.0 cm³/mol. The van der Waals surface area contributed by atoms with Crippen LogP contribution in [0.1, 0.15) is 42.4 Å². The zero-order valence-corrected chi connectivity index (χ0v) is 11.9. The quantitative estimate of drug-likeness (QED) is 0.332. The van der Waals surface area contributed by atoms with E-state index in [0.29, 0.717) is 12.0 Å². The van der Waals surface area contributed by atoms with Crippen molar-refractivity contribution in [2.75, 3.05) is 0 Å². The molecule has 0 aliphatic heterocycles. The van der Waals surface area contributed by atoms with Crippen LogP contribution in [-0.4, -0.2) is 17.0 Å². The van der Waals surface area contributed by atoms with Gasteiger partial charge in [-0.1, -0.05) is 0 Å². The van der Waals surface area contributed by atoms with E-state index in [2.05, 4.69) is 20.7 Å². The molecule has 1 atom stereocenters. The highest BCUT2D eigenvalue weighted by molar-refractivity contribution is 7.11. The predicted octanol–water partition coefficient (Wildman–Crippen LogP) is 1.64. The first kappa shape index (κ1) is 13.9. The van der Waals surface area contributed by atoms with Gasteiger partial charge >= 0.3 is 0 Å². The van der Waals surface area contributed by atoms with Gasteiger partial charge in [-0.2, -0.15) is 0 Å². The van der Waals surface area contributed by atoms with Crippen molar-refractivity contribution in [2.45, 2.75) is 46.7 Å². The molecule has 0 spiro atoms. The van der Waals surface area contributed by atoms with Crippen LogP contribution in [-0.2, 0) is 0 Å². The average Bonchev–Trinajstić information content (AvgIpc) is 2.56. The molecule has 0 aromatic carbocycles. The Morgan fingerprint density at radius 2 is 2.00 bits per heavy atom. The summed E-state index contributed by atoms with van der Waals surface area (Å²) in [5, 5.41) is 4.22. The molecule has 5 nitrogen and oxygen atoms in total. The van der Waals surface area contributed by atoms with Gasteiger partial charge in [0.2, 0.25) is 5.96 Å². The number of nitrogens with zero attached hydrogens (tertiary/aromatic N) is 2. The summed E-state index contributed by atoms with van der Waals surface area (Å²) in [5.74, 6) is 6.04. The normalized spacial score (nSPS) is 13.9. The van der Waals surface area contributed by atoms with Gasteiger partial charge in [-0.25, -0.2) is 15.8 Å². The maximum absolute atomic E-state index is 5.44. The standard InChI is InChI=1S/C11H21N5S/c1-6(2)13-11(16-12)15-8(4)10-7(3)14-9(5)17-10/h6,8H,12H2,1-5H3,(H2,13,15,16). The van der Waals surface area contributed by atoms with Crippen LogP contribution in [0.4, 0.5) is 0 Å². The summed E-state index contributed by atoms with van der Waals surface area (Å²) in [6, 6.07) is 0.347. The Kier molecular flexibility index (Phi) is 4.89. The highest BCUT2D eigenvalue weighted by Crippen LogP contribution is 2.26. The maximum Gasteiger partial charge on any atom is 0.206 e. The number of nitrogens with one attached hydrogen (secondary N) is 2. The fourth-order valence-corrected chi connectivity index (χ4v) is 2.49. The minimum absolute atomic E-state index is 0.0542. The lowest BCUT2D eigenvalue weighted by molar-refractivity contribution is 0.689. The summed E-state index contributed by atoms with van der Waals surface area (Å²) < 4.78 is 0. The molecule has 1 aromatic rings. The number of hydrogen-bond acceptors (Lipinski definition) is 4. The molecule has 1 heterocycles. The third-order valence-electron chi connectivity index (χ3n) is 2.20. The first-order valence-electron chi connectivity index (χ1n) is 5.69. The molecule has 0 saturated heterocycles. The smallest absolute Gasteiger partial charge is 0.206 e. The minimum atomic E-state index is 0.0542. The number of aromatic nitrogens is 1. The molecule has 0 saturated carbocycles. The zero-order chi connectivity index (χ0) is 13.0. The molecule has 0 amide bonds. The van der Waals surface area contributed by atoms with Crippen LogP contribution in [0.5, 0.6) is 0 Å². The number of guanidine groups is 1. The average molecular weight is 255 g/mol. The van der Waals surface area contributed by atoms with Gasteiger partial charge in [-0.05, 0) is 34.6 Å². The maximum atomic E-state index is 5.44. The van der Waals surface area contributed by atoms with Gasteiger partial charge in [-0.3, -0.25) is 5.43 Å². The number of thiazole rings is 1. The Bertz CT molecular complexity index is 397. The fourth-order valence-electron chi connectivity index (χ4n) is 1.58. The third-order valence-corrected chi connectivity index (χ3v) is 3.45. The van der Waals surface area contributed by atoms with E-state index in [1.807, 2.05) is 34.6 Å². The van der Waals surface area contributed by atoms with Crippen molar-refractivity contribution in [3.63, 3.8) is 0 Å². The molecule has 0 radical (unpaired) electrons. The molecular weight excluding hydrogens is 234 g/mol. The van der Waals surface area contributed by atoms with Crippen molar-refractivity contribution >= 4 is 17.3 Å². The lowest BCUT2D eigenvalue weighted by atomic mass is 10.2. The second kappa shape index (κ2) is 5.97.